The summed E-state index contributed by atoms with van der Waals surface area (Å²) in [7, 11) is -4.16. The Morgan fingerprint density at radius 1 is 1.23 bits per heavy atom. The van der Waals surface area contributed by atoms with E-state index < -0.39 is 33.6 Å². The van der Waals surface area contributed by atoms with Gasteiger partial charge in [-0.2, -0.15) is 4.31 Å². The molecule has 168 valence electrons. The second-order valence-electron chi connectivity index (χ2n) is 8.49. The summed E-state index contributed by atoms with van der Waals surface area (Å²) in [6.45, 7) is 4.93. The molecular formula is C22H26FNO6S. The lowest BCUT2D eigenvalue weighted by Crippen LogP contribution is -2.59. The molecular weight excluding hydrogens is 425 g/mol. The fraction of sp³-hybridized carbons (Fsp3) is 0.409. The number of carbonyl (C=O) groups is 1. The Balaban J connectivity index is 1.80. The molecule has 1 aliphatic heterocycles. The van der Waals surface area contributed by atoms with Gasteiger partial charge in [0.15, 0.2) is 0 Å². The van der Waals surface area contributed by atoms with Crippen LogP contribution in [-0.2, 0) is 21.4 Å². The maximum Gasteiger partial charge on any atom is 0.322 e. The molecule has 0 bridgehead atoms. The molecule has 1 aliphatic rings. The van der Waals surface area contributed by atoms with Crippen molar-refractivity contribution < 1.29 is 32.6 Å². The van der Waals surface area contributed by atoms with E-state index in [0.29, 0.717) is 5.75 Å². The van der Waals surface area contributed by atoms with Crippen LogP contribution >= 0.6 is 0 Å². The van der Waals surface area contributed by atoms with Crippen LogP contribution in [0.15, 0.2) is 47.4 Å². The maximum absolute atomic E-state index is 13.2. The minimum absolute atomic E-state index is 0.0889. The number of aliphatic carboxylic acids is 1. The zero-order valence-corrected chi connectivity index (χ0v) is 18.4. The number of aliphatic hydroxyl groups is 1. The third kappa shape index (κ3) is 4.89. The van der Waals surface area contributed by atoms with Crippen molar-refractivity contribution in [1.82, 2.24) is 4.31 Å². The normalized spacial score (nSPS) is 21.6. The third-order valence-corrected chi connectivity index (χ3v) is 7.39. The number of piperidine rings is 1. The first-order valence-electron chi connectivity index (χ1n) is 9.82. The lowest BCUT2D eigenvalue weighted by molar-refractivity contribution is -0.149. The summed E-state index contributed by atoms with van der Waals surface area (Å²) < 4.78 is 46.1. The molecule has 0 amide bonds. The van der Waals surface area contributed by atoms with Gasteiger partial charge in [0.05, 0.1) is 11.0 Å². The van der Waals surface area contributed by atoms with Crippen molar-refractivity contribution >= 4 is 16.0 Å². The molecule has 1 heterocycles. The van der Waals surface area contributed by atoms with Gasteiger partial charge < -0.3 is 14.9 Å². The van der Waals surface area contributed by atoms with Gasteiger partial charge in [0, 0.05) is 6.54 Å². The predicted octanol–water partition coefficient (Wildman–Crippen LogP) is 2.95. The molecule has 0 unspecified atom stereocenters. The number of rotatable bonds is 6. The number of nitrogens with zero attached hydrogens (tertiary/aromatic N) is 1. The monoisotopic (exact) mass is 451 g/mol. The average Bonchev–Trinajstić information content (AvgIpc) is 2.65. The van der Waals surface area contributed by atoms with E-state index in [2.05, 4.69) is 0 Å². The zero-order valence-electron chi connectivity index (χ0n) is 17.6. The van der Waals surface area contributed by atoms with Crippen LogP contribution < -0.4 is 4.74 Å². The smallest absolute Gasteiger partial charge is 0.322 e. The summed E-state index contributed by atoms with van der Waals surface area (Å²) in [5.74, 6) is -1.17. The molecule has 0 spiro atoms. The summed E-state index contributed by atoms with van der Waals surface area (Å²) in [6.07, 6.45) is -0.770. The van der Waals surface area contributed by atoms with Crippen molar-refractivity contribution in [2.45, 2.75) is 50.8 Å². The molecule has 1 fully saturated rings. The Kier molecular flexibility index (Phi) is 6.40. The molecule has 2 aromatic carbocycles. The Morgan fingerprint density at radius 3 is 2.45 bits per heavy atom. The Hall–Kier alpha value is -2.49. The number of carboxylic acid groups (broad SMARTS) is 1. The Morgan fingerprint density at radius 2 is 1.87 bits per heavy atom. The molecule has 0 radical (unpaired) electrons. The van der Waals surface area contributed by atoms with Gasteiger partial charge in [-0.05, 0) is 66.3 Å². The number of aliphatic hydroxyl groups excluding tert-OH is 1. The van der Waals surface area contributed by atoms with Gasteiger partial charge in [-0.15, -0.1) is 0 Å². The number of ether oxygens (including phenoxy) is 1. The van der Waals surface area contributed by atoms with E-state index in [1.165, 1.54) is 36.4 Å². The van der Waals surface area contributed by atoms with Crippen LogP contribution in [0.1, 0.15) is 31.4 Å². The van der Waals surface area contributed by atoms with Gasteiger partial charge in [0.1, 0.15) is 24.2 Å². The van der Waals surface area contributed by atoms with Gasteiger partial charge in [-0.1, -0.05) is 19.9 Å². The molecule has 31 heavy (non-hydrogen) atoms. The van der Waals surface area contributed by atoms with Crippen molar-refractivity contribution in [2.24, 2.45) is 5.41 Å². The second-order valence-corrected chi connectivity index (χ2v) is 10.4. The summed E-state index contributed by atoms with van der Waals surface area (Å²) >= 11 is 0. The van der Waals surface area contributed by atoms with Gasteiger partial charge in [0.2, 0.25) is 10.0 Å². The fourth-order valence-electron chi connectivity index (χ4n) is 4.01. The van der Waals surface area contributed by atoms with Crippen molar-refractivity contribution in [3.8, 4) is 5.75 Å². The Labute approximate surface area is 181 Å². The predicted molar refractivity (Wildman–Crippen MR) is 112 cm³/mol. The molecule has 0 aliphatic carbocycles. The van der Waals surface area contributed by atoms with E-state index in [9.17, 15) is 27.8 Å². The highest BCUT2D eigenvalue weighted by Crippen LogP contribution is 2.38. The van der Waals surface area contributed by atoms with Crippen LogP contribution in [0.2, 0.25) is 0 Å². The lowest BCUT2D eigenvalue weighted by atomic mass is 9.76. The molecule has 9 heteroatoms. The highest BCUT2D eigenvalue weighted by Gasteiger charge is 2.50. The van der Waals surface area contributed by atoms with Crippen LogP contribution in [0, 0.1) is 18.2 Å². The number of hydrogen-bond acceptors (Lipinski definition) is 5. The lowest BCUT2D eigenvalue weighted by Gasteiger charge is -2.44. The number of aryl methyl sites for hydroxylation is 1. The zero-order chi connectivity index (χ0) is 23.0. The topological polar surface area (TPSA) is 104 Å². The van der Waals surface area contributed by atoms with E-state index in [1.54, 1.807) is 26.8 Å². The molecule has 2 N–H and O–H groups in total. The minimum Gasteiger partial charge on any atom is -0.489 e. The Bertz CT molecular complexity index is 1070. The number of halogens is 1. The van der Waals surface area contributed by atoms with Crippen molar-refractivity contribution in [3.05, 3.63) is 59.4 Å². The molecule has 0 saturated carbocycles. The van der Waals surface area contributed by atoms with E-state index >= 15 is 0 Å². The van der Waals surface area contributed by atoms with Gasteiger partial charge in [-0.3, -0.25) is 4.79 Å². The number of β-amino-alcohol motifs (C(OH)–C–C–N with tert-alkyl or cyclic N) is 1. The highest BCUT2D eigenvalue weighted by atomic mass is 32.2. The number of hydrogen-bond donors (Lipinski definition) is 2. The quantitative estimate of drug-likeness (QED) is 0.700. The number of sulfonamides is 1. The standard InChI is InChI=1S/C22H26FNO6S/c1-14-10-16(23)5-4-15(14)13-30-18-6-8-19(9-7-18)31(28,29)24-12-17(25)11-22(2,3)20(24)21(26)27/h4-10,17,20,25H,11-13H2,1-3H3,(H,26,27)/t17-,20+/m1/s1. The summed E-state index contributed by atoms with van der Waals surface area (Å²) in [5.41, 5.74) is 0.601. The van der Waals surface area contributed by atoms with Crippen LogP contribution in [0.4, 0.5) is 4.39 Å². The summed E-state index contributed by atoms with van der Waals surface area (Å²) in [4.78, 5) is 11.8. The van der Waals surface area contributed by atoms with Gasteiger partial charge >= 0.3 is 5.97 Å². The minimum atomic E-state index is -4.16. The second kappa shape index (κ2) is 8.57. The number of benzene rings is 2. The number of carboxylic acids is 1. The first-order chi connectivity index (χ1) is 14.4. The van der Waals surface area contributed by atoms with Crippen LogP contribution in [0.25, 0.3) is 0 Å². The van der Waals surface area contributed by atoms with Crippen LogP contribution in [0.3, 0.4) is 0 Å². The molecule has 7 nitrogen and oxygen atoms in total. The van der Waals surface area contributed by atoms with E-state index in [4.69, 9.17) is 4.74 Å². The SMILES string of the molecule is Cc1cc(F)ccc1COc1ccc(S(=O)(=O)N2C[C@H](O)CC(C)(C)[C@@H]2C(=O)O)cc1. The van der Waals surface area contributed by atoms with E-state index in [0.717, 1.165) is 15.4 Å². The third-order valence-electron chi connectivity index (χ3n) is 5.54. The summed E-state index contributed by atoms with van der Waals surface area (Å²) in [5, 5.41) is 19.8. The van der Waals surface area contributed by atoms with Crippen molar-refractivity contribution in [1.29, 1.82) is 0 Å². The van der Waals surface area contributed by atoms with E-state index in [1.807, 2.05) is 0 Å². The first kappa shape index (κ1) is 23.2. The molecule has 0 aromatic heterocycles. The van der Waals surface area contributed by atoms with Gasteiger partial charge in [-0.25, -0.2) is 12.8 Å². The fourth-order valence-corrected chi connectivity index (χ4v) is 5.78. The molecule has 1 saturated heterocycles. The molecule has 2 aromatic rings. The van der Waals surface area contributed by atoms with Crippen molar-refractivity contribution in [3.63, 3.8) is 0 Å². The first-order valence-corrected chi connectivity index (χ1v) is 11.3. The van der Waals surface area contributed by atoms with Crippen molar-refractivity contribution in [2.75, 3.05) is 6.54 Å². The average molecular weight is 452 g/mol. The molecule has 2 atom stereocenters. The maximum atomic E-state index is 13.2. The molecule has 3 rings (SSSR count). The summed E-state index contributed by atoms with van der Waals surface area (Å²) in [6, 6.07) is 8.72. The van der Waals surface area contributed by atoms with E-state index in [-0.39, 0.29) is 30.3 Å². The van der Waals surface area contributed by atoms with Crippen LogP contribution in [0.5, 0.6) is 5.75 Å². The highest BCUT2D eigenvalue weighted by molar-refractivity contribution is 7.89. The van der Waals surface area contributed by atoms with Gasteiger partial charge in [0.25, 0.3) is 0 Å². The largest absolute Gasteiger partial charge is 0.489 e. The van der Waals surface area contributed by atoms with Crippen LogP contribution in [-0.4, -0.2) is 47.6 Å².